The maximum Gasteiger partial charge on any atom is 0.199 e. The number of benzene rings is 1. The van der Waals surface area contributed by atoms with E-state index in [2.05, 4.69) is 16.4 Å². The van der Waals surface area contributed by atoms with E-state index in [9.17, 15) is 0 Å². The van der Waals surface area contributed by atoms with Crippen molar-refractivity contribution in [3.63, 3.8) is 0 Å². The molecule has 0 amide bonds. The maximum absolute atomic E-state index is 6.33. The third kappa shape index (κ3) is 3.86. The molecule has 5 rings (SSSR count). The molecule has 2 aliphatic rings. The van der Waals surface area contributed by atoms with Crippen molar-refractivity contribution in [3.05, 3.63) is 58.3 Å². The zero-order valence-electron chi connectivity index (χ0n) is 16.0. The largest absolute Gasteiger partial charge is 0.434 e. The van der Waals surface area contributed by atoms with E-state index in [4.69, 9.17) is 25.7 Å². The normalized spacial score (nSPS) is 19.4. The van der Waals surface area contributed by atoms with Crippen LogP contribution in [0.1, 0.15) is 47.6 Å². The van der Waals surface area contributed by atoms with Gasteiger partial charge in [-0.2, -0.15) is 0 Å². The molecule has 1 atom stereocenters. The number of hydrogen-bond donors (Lipinski definition) is 0. The van der Waals surface area contributed by atoms with Crippen molar-refractivity contribution < 1.29 is 9.15 Å². The first-order chi connectivity index (χ1) is 14.2. The van der Waals surface area contributed by atoms with Crippen LogP contribution in [-0.2, 0) is 18.2 Å². The fraction of sp³-hybridized carbons (Fsp3) is 0.381. The van der Waals surface area contributed by atoms with Gasteiger partial charge in [0.05, 0.1) is 5.69 Å². The van der Waals surface area contributed by atoms with E-state index < -0.39 is 0 Å². The van der Waals surface area contributed by atoms with Gasteiger partial charge in [0.2, 0.25) is 0 Å². The summed E-state index contributed by atoms with van der Waals surface area (Å²) >= 11 is 7.64. The zero-order valence-corrected chi connectivity index (χ0v) is 17.6. The molecule has 29 heavy (non-hydrogen) atoms. The summed E-state index contributed by atoms with van der Waals surface area (Å²) in [7, 11) is 1.93. The molecule has 6 nitrogen and oxygen atoms in total. The standard InChI is InChI=1S/C21H21ClN4O2S/c1-26-18-12-14(2-7-17(18)24-25-26)19-21(29-16-5-3-15(22)4-6-16)28-20(23-19)13-8-10-27-11-9-13/h2-7,13-14H,8-12H2,1H3. The minimum Gasteiger partial charge on any atom is -0.434 e. The molecular weight excluding hydrogens is 408 g/mol. The fourth-order valence-corrected chi connectivity index (χ4v) is 4.84. The van der Waals surface area contributed by atoms with Crippen molar-refractivity contribution in [1.82, 2.24) is 20.0 Å². The molecule has 150 valence electrons. The molecule has 1 aliphatic heterocycles. The summed E-state index contributed by atoms with van der Waals surface area (Å²) in [5, 5.41) is 9.93. The molecule has 0 saturated carbocycles. The molecule has 1 aromatic carbocycles. The summed E-state index contributed by atoms with van der Waals surface area (Å²) in [6.45, 7) is 1.52. The lowest BCUT2D eigenvalue weighted by Gasteiger charge is -2.18. The van der Waals surface area contributed by atoms with Crippen LogP contribution in [0.5, 0.6) is 0 Å². The maximum atomic E-state index is 6.33. The molecule has 2 aromatic heterocycles. The molecule has 1 saturated heterocycles. The van der Waals surface area contributed by atoms with Gasteiger partial charge in [-0.05, 0) is 43.2 Å². The molecule has 8 heteroatoms. The average molecular weight is 429 g/mol. The third-order valence-corrected chi connectivity index (χ3v) is 6.69. The molecule has 1 fully saturated rings. The number of halogens is 1. The summed E-state index contributed by atoms with van der Waals surface area (Å²) in [5.41, 5.74) is 3.04. The minimum atomic E-state index is 0.131. The van der Waals surface area contributed by atoms with Crippen LogP contribution in [-0.4, -0.2) is 33.2 Å². The highest BCUT2D eigenvalue weighted by molar-refractivity contribution is 7.99. The molecule has 0 radical (unpaired) electrons. The topological polar surface area (TPSA) is 66.0 Å². The van der Waals surface area contributed by atoms with Crippen LogP contribution in [0.3, 0.4) is 0 Å². The third-order valence-electron chi connectivity index (χ3n) is 5.46. The Morgan fingerprint density at radius 3 is 2.76 bits per heavy atom. The highest BCUT2D eigenvalue weighted by atomic mass is 35.5. The van der Waals surface area contributed by atoms with E-state index in [1.54, 1.807) is 11.8 Å². The van der Waals surface area contributed by atoms with Gasteiger partial charge in [-0.1, -0.05) is 34.7 Å². The van der Waals surface area contributed by atoms with Gasteiger partial charge in [-0.25, -0.2) is 4.98 Å². The minimum absolute atomic E-state index is 0.131. The van der Waals surface area contributed by atoms with E-state index in [0.717, 1.165) is 70.5 Å². The van der Waals surface area contributed by atoms with E-state index in [-0.39, 0.29) is 5.92 Å². The summed E-state index contributed by atoms with van der Waals surface area (Å²) in [4.78, 5) is 6.06. The molecule has 1 unspecified atom stereocenters. The lowest BCUT2D eigenvalue weighted by atomic mass is 9.93. The van der Waals surface area contributed by atoms with Crippen LogP contribution in [0.25, 0.3) is 6.08 Å². The number of rotatable bonds is 4. The Hall–Kier alpha value is -2.09. The van der Waals surface area contributed by atoms with Gasteiger partial charge < -0.3 is 9.15 Å². The van der Waals surface area contributed by atoms with Crippen molar-refractivity contribution in [3.8, 4) is 0 Å². The highest BCUT2D eigenvalue weighted by Crippen LogP contribution is 2.40. The quantitative estimate of drug-likeness (QED) is 0.591. The van der Waals surface area contributed by atoms with Gasteiger partial charge in [0.15, 0.2) is 11.0 Å². The summed E-state index contributed by atoms with van der Waals surface area (Å²) in [5.74, 6) is 1.26. The molecule has 0 bridgehead atoms. The smallest absolute Gasteiger partial charge is 0.199 e. The molecule has 3 heterocycles. The molecule has 0 N–H and O–H groups in total. The summed E-state index contributed by atoms with van der Waals surface area (Å²) < 4.78 is 13.7. The number of aromatic nitrogens is 4. The van der Waals surface area contributed by atoms with Gasteiger partial charge in [-0.15, -0.1) is 5.10 Å². The molecule has 3 aromatic rings. The first kappa shape index (κ1) is 18.9. The Bertz CT molecular complexity index is 1040. The van der Waals surface area contributed by atoms with Crippen molar-refractivity contribution in [1.29, 1.82) is 0 Å². The van der Waals surface area contributed by atoms with E-state index in [1.807, 2.05) is 42.1 Å². The predicted molar refractivity (Wildman–Crippen MR) is 111 cm³/mol. The van der Waals surface area contributed by atoms with Gasteiger partial charge >= 0.3 is 0 Å². The molecule has 0 spiro atoms. The van der Waals surface area contributed by atoms with Gasteiger partial charge in [0, 0.05) is 48.4 Å². The first-order valence-corrected chi connectivity index (χ1v) is 11.0. The van der Waals surface area contributed by atoms with Crippen LogP contribution in [0.2, 0.25) is 5.02 Å². The van der Waals surface area contributed by atoms with Crippen molar-refractivity contribution in [2.24, 2.45) is 7.05 Å². The second-order valence-electron chi connectivity index (χ2n) is 7.38. The number of oxazole rings is 1. The second-order valence-corrected chi connectivity index (χ2v) is 8.86. The van der Waals surface area contributed by atoms with Crippen molar-refractivity contribution in [2.45, 2.75) is 41.1 Å². The van der Waals surface area contributed by atoms with Crippen LogP contribution in [0, 0.1) is 0 Å². The van der Waals surface area contributed by atoms with Crippen molar-refractivity contribution in [2.75, 3.05) is 13.2 Å². The van der Waals surface area contributed by atoms with Crippen LogP contribution < -0.4 is 0 Å². The molecule has 1 aliphatic carbocycles. The Labute approximate surface area is 178 Å². The number of allylic oxidation sites excluding steroid dienone is 1. The number of aryl methyl sites for hydroxylation is 1. The Balaban J connectivity index is 1.49. The van der Waals surface area contributed by atoms with E-state index >= 15 is 0 Å². The predicted octanol–water partition coefficient (Wildman–Crippen LogP) is 4.85. The van der Waals surface area contributed by atoms with Crippen LogP contribution in [0.4, 0.5) is 0 Å². The lowest BCUT2D eigenvalue weighted by Crippen LogP contribution is -2.14. The number of nitrogens with zero attached hydrogens (tertiary/aromatic N) is 4. The first-order valence-electron chi connectivity index (χ1n) is 9.76. The van der Waals surface area contributed by atoms with Gasteiger partial charge in [0.1, 0.15) is 11.4 Å². The van der Waals surface area contributed by atoms with E-state index in [1.165, 1.54) is 0 Å². The van der Waals surface area contributed by atoms with Crippen LogP contribution in [0.15, 0.2) is 44.7 Å². The zero-order chi connectivity index (χ0) is 19.8. The summed E-state index contributed by atoms with van der Waals surface area (Å²) in [6.07, 6.45) is 6.90. The van der Waals surface area contributed by atoms with Crippen molar-refractivity contribution >= 4 is 29.4 Å². The Morgan fingerprint density at radius 2 is 1.97 bits per heavy atom. The number of ether oxygens (including phenoxy) is 1. The summed E-state index contributed by atoms with van der Waals surface area (Å²) in [6, 6.07) is 7.81. The Morgan fingerprint density at radius 1 is 1.17 bits per heavy atom. The molecular formula is C21H21ClN4O2S. The SMILES string of the molecule is Cn1nnc2c1CC(c1nc(C3CCOCC3)oc1Sc1ccc(Cl)cc1)C=C2. The fourth-order valence-electron chi connectivity index (χ4n) is 3.80. The highest BCUT2D eigenvalue weighted by Gasteiger charge is 2.29. The van der Waals surface area contributed by atoms with Crippen LogP contribution >= 0.6 is 23.4 Å². The Kier molecular flexibility index (Phi) is 5.20. The van der Waals surface area contributed by atoms with E-state index in [0.29, 0.717) is 5.92 Å². The lowest BCUT2D eigenvalue weighted by molar-refractivity contribution is 0.0786. The van der Waals surface area contributed by atoms with Gasteiger partial charge in [-0.3, -0.25) is 4.68 Å². The second kappa shape index (κ2) is 7.97. The number of hydrogen-bond acceptors (Lipinski definition) is 6. The monoisotopic (exact) mass is 428 g/mol. The average Bonchev–Trinajstić information content (AvgIpc) is 3.34. The number of fused-ring (bicyclic) bond motifs is 1. The van der Waals surface area contributed by atoms with Gasteiger partial charge in [0.25, 0.3) is 0 Å².